The number of hydrogen-bond donors (Lipinski definition) is 2. The maximum atomic E-state index is 10.9. The number of halogens is 1. The molecule has 0 heterocycles. The van der Waals surface area contributed by atoms with Crippen LogP contribution in [0.3, 0.4) is 0 Å². The molecule has 0 bridgehead atoms. The van der Waals surface area contributed by atoms with Gasteiger partial charge in [-0.1, -0.05) is 41.4 Å². The molecular weight excluding hydrogens is 340 g/mol. The van der Waals surface area contributed by atoms with Crippen molar-refractivity contribution in [1.29, 1.82) is 0 Å². The summed E-state index contributed by atoms with van der Waals surface area (Å²) in [4.78, 5) is 10.9. The zero-order valence-electron chi connectivity index (χ0n) is 14.5. The minimum Gasteiger partial charge on any atom is -0.490 e. The molecule has 0 atom stereocenters. The molecule has 2 rings (SSSR count). The van der Waals surface area contributed by atoms with E-state index in [1.807, 2.05) is 19.1 Å². The molecule has 5 nitrogen and oxygen atoms in total. The van der Waals surface area contributed by atoms with Crippen molar-refractivity contribution in [2.45, 2.75) is 26.9 Å². The normalized spacial score (nSPS) is 10.5. The number of amides is 1. The summed E-state index contributed by atoms with van der Waals surface area (Å²) in [6, 6.07) is 12.2. The van der Waals surface area contributed by atoms with Crippen LogP contribution in [0.5, 0.6) is 11.5 Å². The quantitative estimate of drug-likeness (QED) is 0.716. The van der Waals surface area contributed by atoms with Gasteiger partial charge >= 0.3 is 0 Å². The second-order valence-corrected chi connectivity index (χ2v) is 6.18. The lowest BCUT2D eigenvalue weighted by Crippen LogP contribution is -2.80. The van der Waals surface area contributed by atoms with E-state index in [0.29, 0.717) is 23.1 Å². The first kappa shape index (κ1) is 19.1. The van der Waals surface area contributed by atoms with Gasteiger partial charge in [-0.15, -0.1) is 0 Å². The average molecular weight is 364 g/mol. The third-order valence-electron chi connectivity index (χ3n) is 3.61. The van der Waals surface area contributed by atoms with Crippen molar-refractivity contribution in [1.82, 2.24) is 0 Å². The number of carbonyl (C=O) groups excluding carboxylic acids is 1. The van der Waals surface area contributed by atoms with Crippen molar-refractivity contribution in [3.8, 4) is 11.5 Å². The molecule has 25 heavy (non-hydrogen) atoms. The second kappa shape index (κ2) is 9.30. The van der Waals surface area contributed by atoms with Gasteiger partial charge in [-0.05, 0) is 26.0 Å². The molecule has 2 aromatic rings. The Balaban J connectivity index is 2.04. The van der Waals surface area contributed by atoms with E-state index in [-0.39, 0.29) is 6.61 Å². The molecular formula is C19H24ClN2O3+. The van der Waals surface area contributed by atoms with E-state index in [4.69, 9.17) is 26.8 Å². The van der Waals surface area contributed by atoms with Gasteiger partial charge in [-0.3, -0.25) is 4.79 Å². The van der Waals surface area contributed by atoms with Crippen molar-refractivity contribution in [2.75, 3.05) is 13.2 Å². The van der Waals surface area contributed by atoms with Gasteiger partial charge in [0.25, 0.3) is 5.91 Å². The van der Waals surface area contributed by atoms with Crippen LogP contribution in [0, 0.1) is 6.92 Å². The van der Waals surface area contributed by atoms with Crippen molar-refractivity contribution >= 4 is 17.5 Å². The molecule has 134 valence electrons. The highest BCUT2D eigenvalue weighted by atomic mass is 35.5. The van der Waals surface area contributed by atoms with E-state index in [9.17, 15) is 4.79 Å². The summed E-state index contributed by atoms with van der Waals surface area (Å²) in [7, 11) is 0. The summed E-state index contributed by atoms with van der Waals surface area (Å²) >= 11 is 6.30. The van der Waals surface area contributed by atoms with Gasteiger partial charge in [0.05, 0.1) is 11.6 Å². The summed E-state index contributed by atoms with van der Waals surface area (Å²) in [5.74, 6) is 0.314. The van der Waals surface area contributed by atoms with Crippen LogP contribution in [0.1, 0.15) is 23.6 Å². The zero-order valence-corrected chi connectivity index (χ0v) is 15.3. The van der Waals surface area contributed by atoms with E-state index in [1.54, 1.807) is 0 Å². The van der Waals surface area contributed by atoms with Crippen molar-refractivity contribution in [3.63, 3.8) is 0 Å². The summed E-state index contributed by atoms with van der Waals surface area (Å²) in [5.41, 5.74) is 8.66. The minimum absolute atomic E-state index is 0.237. The topological polar surface area (TPSA) is 78.2 Å². The van der Waals surface area contributed by atoms with Gasteiger partial charge in [0.1, 0.15) is 13.1 Å². The van der Waals surface area contributed by atoms with Crippen molar-refractivity contribution < 1.29 is 19.6 Å². The summed E-state index contributed by atoms with van der Waals surface area (Å²) in [5, 5.41) is 2.60. The highest BCUT2D eigenvalue weighted by Crippen LogP contribution is 2.36. The van der Waals surface area contributed by atoms with Crippen LogP contribution in [-0.2, 0) is 17.9 Å². The van der Waals surface area contributed by atoms with Gasteiger partial charge in [0, 0.05) is 11.1 Å². The number of primary amides is 1. The van der Waals surface area contributed by atoms with Crippen LogP contribution < -0.4 is 20.5 Å². The first-order valence-corrected chi connectivity index (χ1v) is 8.61. The van der Waals surface area contributed by atoms with Crippen LogP contribution in [0.2, 0.25) is 5.02 Å². The van der Waals surface area contributed by atoms with E-state index >= 15 is 0 Å². The van der Waals surface area contributed by atoms with E-state index in [0.717, 1.165) is 18.7 Å². The first-order chi connectivity index (χ1) is 12.0. The Bertz CT molecular complexity index is 717. The van der Waals surface area contributed by atoms with Crippen molar-refractivity contribution in [2.24, 2.45) is 5.73 Å². The van der Waals surface area contributed by atoms with Crippen LogP contribution in [0.25, 0.3) is 0 Å². The van der Waals surface area contributed by atoms with Crippen LogP contribution >= 0.6 is 11.6 Å². The Morgan fingerprint density at radius 1 is 1.12 bits per heavy atom. The molecule has 0 aliphatic heterocycles. The molecule has 2 aromatic carbocycles. The number of ether oxygens (including phenoxy) is 2. The second-order valence-electron chi connectivity index (χ2n) is 5.78. The summed E-state index contributed by atoms with van der Waals surface area (Å²) in [6.45, 7) is 5.82. The SMILES string of the molecule is CCOc1cc(C[NH2+]Cc2ccc(C)cc2)cc(Cl)c1OCC(N)=O. The van der Waals surface area contributed by atoms with E-state index in [1.165, 1.54) is 11.1 Å². The maximum Gasteiger partial charge on any atom is 0.255 e. The van der Waals surface area contributed by atoms with Gasteiger partial charge < -0.3 is 20.5 Å². The Morgan fingerprint density at radius 3 is 2.44 bits per heavy atom. The molecule has 0 radical (unpaired) electrons. The van der Waals surface area contributed by atoms with Crippen LogP contribution in [0.4, 0.5) is 0 Å². The van der Waals surface area contributed by atoms with Crippen molar-refractivity contribution in [3.05, 3.63) is 58.1 Å². The number of aryl methyl sites for hydroxylation is 1. The predicted molar refractivity (Wildman–Crippen MR) is 97.8 cm³/mol. The number of benzene rings is 2. The molecule has 0 saturated carbocycles. The lowest BCUT2D eigenvalue weighted by Gasteiger charge is -2.14. The summed E-state index contributed by atoms with van der Waals surface area (Å²) < 4.78 is 11.0. The molecule has 1 amide bonds. The standard InChI is InChI=1S/C19H23ClN2O3/c1-3-24-17-9-15(8-16(20)19(17)25-12-18(21)23)11-22-10-14-6-4-13(2)5-7-14/h4-9,22H,3,10-12H2,1-2H3,(H2,21,23)/p+1. The monoisotopic (exact) mass is 363 g/mol. The largest absolute Gasteiger partial charge is 0.490 e. The van der Waals surface area contributed by atoms with Crippen LogP contribution in [-0.4, -0.2) is 19.1 Å². The third-order valence-corrected chi connectivity index (χ3v) is 3.89. The molecule has 0 aromatic heterocycles. The van der Waals surface area contributed by atoms with Gasteiger partial charge in [0.2, 0.25) is 0 Å². The number of rotatable bonds is 9. The molecule has 0 spiro atoms. The molecule has 0 aliphatic carbocycles. The Hall–Kier alpha value is -2.24. The third kappa shape index (κ3) is 5.96. The molecule has 0 saturated heterocycles. The zero-order chi connectivity index (χ0) is 18.2. The molecule has 6 heteroatoms. The Kier molecular flexibility index (Phi) is 7.10. The molecule has 0 aliphatic rings. The number of quaternary nitrogens is 1. The molecule has 0 unspecified atom stereocenters. The highest BCUT2D eigenvalue weighted by molar-refractivity contribution is 6.32. The highest BCUT2D eigenvalue weighted by Gasteiger charge is 2.14. The number of carbonyl (C=O) groups is 1. The van der Waals surface area contributed by atoms with E-state index in [2.05, 4.69) is 36.5 Å². The molecule has 0 fully saturated rings. The Morgan fingerprint density at radius 2 is 1.80 bits per heavy atom. The summed E-state index contributed by atoms with van der Waals surface area (Å²) in [6.07, 6.45) is 0. The smallest absolute Gasteiger partial charge is 0.255 e. The maximum absolute atomic E-state index is 10.9. The molecule has 4 N–H and O–H groups in total. The Labute approximate surface area is 153 Å². The van der Waals surface area contributed by atoms with Crippen LogP contribution in [0.15, 0.2) is 36.4 Å². The fourth-order valence-corrected chi connectivity index (χ4v) is 2.70. The first-order valence-electron chi connectivity index (χ1n) is 8.23. The lowest BCUT2D eigenvalue weighted by atomic mass is 10.1. The average Bonchev–Trinajstić information content (AvgIpc) is 2.56. The number of hydrogen-bond acceptors (Lipinski definition) is 3. The predicted octanol–water partition coefficient (Wildman–Crippen LogP) is 2.17. The van der Waals surface area contributed by atoms with Gasteiger partial charge in [-0.25, -0.2) is 0 Å². The fourth-order valence-electron chi connectivity index (χ4n) is 2.42. The van der Waals surface area contributed by atoms with Gasteiger partial charge in [-0.2, -0.15) is 0 Å². The minimum atomic E-state index is -0.561. The van der Waals surface area contributed by atoms with E-state index < -0.39 is 5.91 Å². The lowest BCUT2D eigenvalue weighted by molar-refractivity contribution is -0.686. The van der Waals surface area contributed by atoms with Gasteiger partial charge in [0.15, 0.2) is 18.1 Å². The fraction of sp³-hybridized carbons (Fsp3) is 0.316. The number of nitrogens with two attached hydrogens (primary N) is 2.